The summed E-state index contributed by atoms with van der Waals surface area (Å²) in [5.41, 5.74) is 1.02. The van der Waals surface area contributed by atoms with Gasteiger partial charge in [0.25, 0.3) is 11.8 Å². The zero-order valence-electron chi connectivity index (χ0n) is 12.0. The molecule has 21 heavy (non-hydrogen) atoms. The summed E-state index contributed by atoms with van der Waals surface area (Å²) in [4.78, 5) is 28.1. The third-order valence-corrected chi connectivity index (χ3v) is 4.31. The normalized spacial score (nSPS) is 23.3. The molecule has 5 nitrogen and oxygen atoms in total. The lowest BCUT2D eigenvalue weighted by Crippen LogP contribution is -2.38. The van der Waals surface area contributed by atoms with E-state index in [1.54, 1.807) is 24.3 Å². The number of nitrogens with zero attached hydrogens (tertiary/aromatic N) is 2. The maximum atomic E-state index is 12.2. The summed E-state index contributed by atoms with van der Waals surface area (Å²) in [6.45, 7) is 2.84. The number of amides is 2. The van der Waals surface area contributed by atoms with Crippen LogP contribution in [0, 0.1) is 0 Å². The van der Waals surface area contributed by atoms with Gasteiger partial charge in [0.2, 0.25) is 0 Å². The number of likely N-dealkylation sites (tertiary alicyclic amines) is 1. The minimum Gasteiger partial charge on any atom is -0.393 e. The minimum atomic E-state index is -0.214. The highest BCUT2D eigenvalue weighted by atomic mass is 16.3. The predicted octanol–water partition coefficient (Wildman–Crippen LogP) is 1.13. The molecule has 0 bridgehead atoms. The van der Waals surface area contributed by atoms with E-state index in [0.29, 0.717) is 24.2 Å². The van der Waals surface area contributed by atoms with Crippen LogP contribution in [0.2, 0.25) is 0 Å². The van der Waals surface area contributed by atoms with Crippen LogP contribution in [0.1, 0.15) is 40.0 Å². The van der Waals surface area contributed by atoms with Gasteiger partial charge >= 0.3 is 0 Å². The summed E-state index contributed by atoms with van der Waals surface area (Å²) in [5.74, 6) is -0.379. The molecule has 2 heterocycles. The number of imide groups is 1. The van der Waals surface area contributed by atoms with Crippen molar-refractivity contribution in [3.8, 4) is 0 Å². The smallest absolute Gasteiger partial charge is 0.261 e. The van der Waals surface area contributed by atoms with Gasteiger partial charge in [0.1, 0.15) is 0 Å². The maximum absolute atomic E-state index is 12.2. The monoisotopic (exact) mass is 288 g/mol. The summed E-state index contributed by atoms with van der Waals surface area (Å²) in [6, 6.07) is 6.98. The standard InChI is InChI=1S/C16H20N2O3/c19-12-4-3-8-17(9-7-12)10-11-18-15(20)13-5-1-2-6-14(13)16(18)21/h1-2,5-6,12,19H,3-4,7-11H2. The van der Waals surface area contributed by atoms with E-state index in [1.807, 2.05) is 0 Å². The summed E-state index contributed by atoms with van der Waals surface area (Å²) < 4.78 is 0. The second kappa shape index (κ2) is 5.95. The van der Waals surface area contributed by atoms with E-state index in [-0.39, 0.29) is 17.9 Å². The molecule has 3 rings (SSSR count). The Hall–Kier alpha value is -1.72. The van der Waals surface area contributed by atoms with Gasteiger partial charge < -0.3 is 10.0 Å². The molecule has 2 aliphatic heterocycles. The van der Waals surface area contributed by atoms with E-state index in [0.717, 1.165) is 32.4 Å². The molecule has 1 aromatic rings. The number of carbonyl (C=O) groups excluding carboxylic acids is 2. The Labute approximate surface area is 124 Å². The molecule has 1 aromatic carbocycles. The Morgan fingerprint density at radius 2 is 1.67 bits per heavy atom. The Bertz CT molecular complexity index is 523. The molecule has 1 atom stereocenters. The fourth-order valence-electron chi connectivity index (χ4n) is 3.05. The first kappa shape index (κ1) is 14.2. The second-order valence-electron chi connectivity index (χ2n) is 5.73. The molecule has 0 aromatic heterocycles. The Morgan fingerprint density at radius 1 is 1.00 bits per heavy atom. The molecule has 2 amide bonds. The number of carbonyl (C=O) groups is 2. The van der Waals surface area contributed by atoms with Crippen molar-refractivity contribution >= 4 is 11.8 Å². The average molecular weight is 288 g/mol. The number of hydrogen-bond acceptors (Lipinski definition) is 4. The molecule has 0 spiro atoms. The van der Waals surface area contributed by atoms with Crippen LogP contribution in [0.3, 0.4) is 0 Å². The van der Waals surface area contributed by atoms with Crippen LogP contribution in [0.5, 0.6) is 0 Å². The van der Waals surface area contributed by atoms with E-state index in [1.165, 1.54) is 4.90 Å². The SMILES string of the molecule is O=C1c2ccccc2C(=O)N1CCN1CCCC(O)CC1. The van der Waals surface area contributed by atoms with Crippen molar-refractivity contribution in [2.45, 2.75) is 25.4 Å². The molecule has 0 aliphatic carbocycles. The van der Waals surface area contributed by atoms with Crippen LogP contribution in [0.25, 0.3) is 0 Å². The van der Waals surface area contributed by atoms with Gasteiger partial charge in [-0.1, -0.05) is 12.1 Å². The van der Waals surface area contributed by atoms with Gasteiger partial charge in [0.15, 0.2) is 0 Å². The summed E-state index contributed by atoms with van der Waals surface area (Å²) in [7, 11) is 0. The number of fused-ring (bicyclic) bond motifs is 1. The van der Waals surface area contributed by atoms with Crippen molar-refractivity contribution in [3.63, 3.8) is 0 Å². The van der Waals surface area contributed by atoms with Crippen LogP contribution >= 0.6 is 0 Å². The van der Waals surface area contributed by atoms with Gasteiger partial charge in [-0.15, -0.1) is 0 Å². The quantitative estimate of drug-likeness (QED) is 0.847. The lowest BCUT2D eigenvalue weighted by Gasteiger charge is -2.22. The highest BCUT2D eigenvalue weighted by Gasteiger charge is 2.34. The fourth-order valence-corrected chi connectivity index (χ4v) is 3.05. The Balaban J connectivity index is 1.62. The van der Waals surface area contributed by atoms with Gasteiger partial charge in [-0.2, -0.15) is 0 Å². The highest BCUT2D eigenvalue weighted by molar-refractivity contribution is 6.21. The Morgan fingerprint density at radius 3 is 2.33 bits per heavy atom. The molecule has 2 aliphatic rings. The van der Waals surface area contributed by atoms with Crippen molar-refractivity contribution in [2.24, 2.45) is 0 Å². The largest absolute Gasteiger partial charge is 0.393 e. The average Bonchev–Trinajstić information content (AvgIpc) is 2.65. The second-order valence-corrected chi connectivity index (χ2v) is 5.73. The van der Waals surface area contributed by atoms with Crippen molar-refractivity contribution in [1.82, 2.24) is 9.80 Å². The van der Waals surface area contributed by atoms with Crippen molar-refractivity contribution in [2.75, 3.05) is 26.2 Å². The summed E-state index contributed by atoms with van der Waals surface area (Å²) in [5, 5.41) is 9.64. The number of aliphatic hydroxyl groups excluding tert-OH is 1. The van der Waals surface area contributed by atoms with E-state index in [2.05, 4.69) is 4.90 Å². The van der Waals surface area contributed by atoms with Crippen LogP contribution < -0.4 is 0 Å². The third kappa shape index (κ3) is 2.84. The Kier molecular flexibility index (Phi) is 4.03. The first-order chi connectivity index (χ1) is 10.2. The number of aliphatic hydroxyl groups is 1. The molecule has 0 radical (unpaired) electrons. The van der Waals surface area contributed by atoms with Gasteiger partial charge in [0, 0.05) is 19.6 Å². The van der Waals surface area contributed by atoms with E-state index in [9.17, 15) is 14.7 Å². The van der Waals surface area contributed by atoms with Crippen molar-refractivity contribution in [1.29, 1.82) is 0 Å². The molecular weight excluding hydrogens is 268 g/mol. The zero-order valence-corrected chi connectivity index (χ0v) is 12.0. The maximum Gasteiger partial charge on any atom is 0.261 e. The molecule has 5 heteroatoms. The van der Waals surface area contributed by atoms with Crippen molar-refractivity contribution < 1.29 is 14.7 Å². The van der Waals surface area contributed by atoms with Gasteiger partial charge in [-0.3, -0.25) is 14.5 Å². The topological polar surface area (TPSA) is 60.9 Å². The van der Waals surface area contributed by atoms with Crippen LogP contribution in [-0.2, 0) is 0 Å². The number of benzene rings is 1. The van der Waals surface area contributed by atoms with Gasteiger partial charge in [-0.05, 0) is 37.9 Å². The molecule has 1 unspecified atom stereocenters. The summed E-state index contributed by atoms with van der Waals surface area (Å²) in [6.07, 6.45) is 2.35. The first-order valence-corrected chi connectivity index (χ1v) is 7.52. The summed E-state index contributed by atoms with van der Waals surface area (Å²) >= 11 is 0. The highest BCUT2D eigenvalue weighted by Crippen LogP contribution is 2.22. The number of hydrogen-bond donors (Lipinski definition) is 1. The first-order valence-electron chi connectivity index (χ1n) is 7.52. The molecule has 1 saturated heterocycles. The van der Waals surface area contributed by atoms with Gasteiger partial charge in [0.05, 0.1) is 17.2 Å². The molecule has 1 fully saturated rings. The number of rotatable bonds is 3. The van der Waals surface area contributed by atoms with Crippen LogP contribution in [0.4, 0.5) is 0 Å². The lowest BCUT2D eigenvalue weighted by molar-refractivity contribution is 0.0635. The molecular formula is C16H20N2O3. The van der Waals surface area contributed by atoms with Crippen LogP contribution in [0.15, 0.2) is 24.3 Å². The minimum absolute atomic E-state index is 0.189. The van der Waals surface area contributed by atoms with Crippen LogP contribution in [-0.4, -0.2) is 59.0 Å². The molecule has 112 valence electrons. The van der Waals surface area contributed by atoms with E-state index in [4.69, 9.17) is 0 Å². The van der Waals surface area contributed by atoms with Gasteiger partial charge in [-0.25, -0.2) is 0 Å². The van der Waals surface area contributed by atoms with E-state index < -0.39 is 0 Å². The third-order valence-electron chi connectivity index (χ3n) is 4.31. The van der Waals surface area contributed by atoms with Crippen molar-refractivity contribution in [3.05, 3.63) is 35.4 Å². The predicted molar refractivity (Wildman–Crippen MR) is 78.1 cm³/mol. The fraction of sp³-hybridized carbons (Fsp3) is 0.500. The van der Waals surface area contributed by atoms with E-state index >= 15 is 0 Å². The molecule has 1 N–H and O–H groups in total. The molecule has 0 saturated carbocycles. The lowest BCUT2D eigenvalue weighted by atomic mass is 10.1. The zero-order chi connectivity index (χ0) is 14.8.